The van der Waals surface area contributed by atoms with E-state index in [1.807, 2.05) is 20.8 Å². The lowest BCUT2D eigenvalue weighted by molar-refractivity contribution is -0.225. The van der Waals surface area contributed by atoms with E-state index in [1.54, 1.807) is 20.8 Å². The van der Waals surface area contributed by atoms with Gasteiger partial charge in [0.25, 0.3) is 7.82 Å². The highest BCUT2D eigenvalue weighted by Gasteiger charge is 2.21. The Morgan fingerprint density at radius 1 is 1.10 bits per heavy atom. The smallest absolute Gasteiger partial charge is 0.267 e. The fourth-order valence-corrected chi connectivity index (χ4v) is 1.95. The minimum absolute atomic E-state index is 0.00522. The van der Waals surface area contributed by atoms with Gasteiger partial charge in [0.2, 0.25) is 0 Å². The van der Waals surface area contributed by atoms with Gasteiger partial charge in [-0.15, -0.1) is 0 Å². The van der Waals surface area contributed by atoms with Crippen LogP contribution in [-0.4, -0.2) is 31.1 Å². The van der Waals surface area contributed by atoms with E-state index in [4.69, 9.17) is 4.52 Å². The van der Waals surface area contributed by atoms with Gasteiger partial charge in [-0.3, -0.25) is 9.36 Å². The van der Waals surface area contributed by atoms with Crippen LogP contribution < -0.4 is 10.2 Å². The molecule has 0 fully saturated rings. The molecule has 0 aromatic carbocycles. The fourth-order valence-electron chi connectivity index (χ4n) is 1.25. The molecule has 0 rings (SSSR count). The van der Waals surface area contributed by atoms with Crippen molar-refractivity contribution in [3.63, 3.8) is 0 Å². The third kappa shape index (κ3) is 10.5. The van der Waals surface area contributed by atoms with E-state index in [0.29, 0.717) is 6.54 Å². The topological polar surface area (TPSA) is 87.7 Å². The Kier molecular flexibility index (Phi) is 7.56. The standard InChI is InChI=1S/C13H28NO5P/c1-12(2,3)11(15)7-9-18-20(16,17)19-10-8-14-13(4,5)6/h14H,7-10H2,1-6H3,(H,16,17)/p-1. The lowest BCUT2D eigenvalue weighted by Gasteiger charge is -2.25. The van der Waals surface area contributed by atoms with E-state index in [1.165, 1.54) is 0 Å². The summed E-state index contributed by atoms with van der Waals surface area (Å²) in [6, 6.07) is 0. The Morgan fingerprint density at radius 2 is 1.60 bits per heavy atom. The quantitative estimate of drug-likeness (QED) is 0.544. The largest absolute Gasteiger partial charge is 0.756 e. The van der Waals surface area contributed by atoms with Crippen LogP contribution in [0.2, 0.25) is 0 Å². The molecule has 0 amide bonds. The third-order valence-corrected chi connectivity index (χ3v) is 3.42. The van der Waals surface area contributed by atoms with E-state index in [2.05, 4.69) is 9.84 Å². The summed E-state index contributed by atoms with van der Waals surface area (Å²) in [4.78, 5) is 23.0. The maximum atomic E-state index is 11.6. The van der Waals surface area contributed by atoms with Crippen molar-refractivity contribution in [2.24, 2.45) is 5.41 Å². The molecule has 1 unspecified atom stereocenters. The number of ketones is 1. The van der Waals surface area contributed by atoms with Crippen LogP contribution in [0.1, 0.15) is 48.0 Å². The molecule has 6 nitrogen and oxygen atoms in total. The van der Waals surface area contributed by atoms with Crippen LogP contribution in [0, 0.1) is 5.41 Å². The summed E-state index contributed by atoms with van der Waals surface area (Å²) >= 11 is 0. The Bertz CT molecular complexity index is 357. The SMILES string of the molecule is CC(C)(C)NCCOP(=O)([O-])OCCC(=O)C(C)(C)C. The number of rotatable bonds is 8. The van der Waals surface area contributed by atoms with Gasteiger partial charge < -0.3 is 19.3 Å². The predicted molar refractivity (Wildman–Crippen MR) is 76.3 cm³/mol. The molecule has 0 radical (unpaired) electrons. The maximum absolute atomic E-state index is 11.6. The summed E-state index contributed by atoms with van der Waals surface area (Å²) in [7, 11) is -4.33. The molecular formula is C13H27NO5P-. The van der Waals surface area contributed by atoms with Gasteiger partial charge in [0, 0.05) is 23.9 Å². The maximum Gasteiger partial charge on any atom is 0.267 e. The van der Waals surface area contributed by atoms with Crippen molar-refractivity contribution in [3.05, 3.63) is 0 Å². The summed E-state index contributed by atoms with van der Waals surface area (Å²) in [5, 5.41) is 3.09. The summed E-state index contributed by atoms with van der Waals surface area (Å²) in [6.45, 7) is 11.5. The molecule has 120 valence electrons. The Morgan fingerprint density at radius 3 is 2.05 bits per heavy atom. The van der Waals surface area contributed by atoms with Crippen molar-refractivity contribution < 1.29 is 23.3 Å². The van der Waals surface area contributed by atoms with Crippen LogP contribution in [0.4, 0.5) is 0 Å². The molecule has 7 heteroatoms. The highest BCUT2D eigenvalue weighted by molar-refractivity contribution is 7.45. The Balaban J connectivity index is 3.91. The molecule has 0 saturated carbocycles. The van der Waals surface area contributed by atoms with Gasteiger partial charge >= 0.3 is 0 Å². The molecule has 1 N–H and O–H groups in total. The first kappa shape index (κ1) is 19.7. The highest BCUT2D eigenvalue weighted by Crippen LogP contribution is 2.38. The number of carbonyl (C=O) groups is 1. The van der Waals surface area contributed by atoms with Gasteiger partial charge in [-0.1, -0.05) is 20.8 Å². The zero-order valence-corrected chi connectivity index (χ0v) is 14.2. The monoisotopic (exact) mass is 308 g/mol. The summed E-state index contributed by atoms with van der Waals surface area (Å²) in [5.74, 6) is -0.0492. The average Bonchev–Trinajstić information content (AvgIpc) is 2.21. The van der Waals surface area contributed by atoms with Gasteiger partial charge in [0.15, 0.2) is 0 Å². The summed E-state index contributed by atoms with van der Waals surface area (Å²) < 4.78 is 20.8. The van der Waals surface area contributed by atoms with Gasteiger partial charge in [-0.25, -0.2) is 0 Å². The van der Waals surface area contributed by atoms with Crippen molar-refractivity contribution in [2.45, 2.75) is 53.5 Å². The van der Waals surface area contributed by atoms with Crippen molar-refractivity contribution in [1.29, 1.82) is 0 Å². The molecule has 20 heavy (non-hydrogen) atoms. The number of hydrogen-bond acceptors (Lipinski definition) is 6. The van der Waals surface area contributed by atoms with Crippen LogP contribution in [0.15, 0.2) is 0 Å². The predicted octanol–water partition coefficient (Wildman–Crippen LogP) is 1.88. The molecule has 0 heterocycles. The van der Waals surface area contributed by atoms with Gasteiger partial charge in [0.05, 0.1) is 13.2 Å². The molecule has 0 aliphatic rings. The van der Waals surface area contributed by atoms with E-state index in [-0.39, 0.29) is 31.0 Å². The third-order valence-electron chi connectivity index (χ3n) is 2.42. The summed E-state index contributed by atoms with van der Waals surface area (Å²) in [5.41, 5.74) is -0.593. The van der Waals surface area contributed by atoms with Crippen molar-refractivity contribution in [3.8, 4) is 0 Å². The first-order valence-corrected chi connectivity index (χ1v) is 8.18. The molecule has 0 bridgehead atoms. The molecule has 0 saturated heterocycles. The molecule has 0 aliphatic carbocycles. The average molecular weight is 308 g/mol. The molecule has 0 aromatic rings. The number of phosphoric ester groups is 1. The zero-order chi connectivity index (χ0) is 16.0. The second-order valence-corrected chi connectivity index (χ2v) is 8.12. The van der Waals surface area contributed by atoms with E-state index < -0.39 is 13.2 Å². The lowest BCUT2D eigenvalue weighted by Crippen LogP contribution is -2.38. The Labute approximate surface area is 121 Å². The second-order valence-electron chi connectivity index (χ2n) is 6.71. The van der Waals surface area contributed by atoms with E-state index in [0.717, 1.165) is 0 Å². The normalized spacial score (nSPS) is 15.9. The number of Topliss-reactive ketones (excluding diaryl/α,β-unsaturated/α-hetero) is 1. The first-order chi connectivity index (χ1) is 8.83. The van der Waals surface area contributed by atoms with Crippen LogP contribution in [0.5, 0.6) is 0 Å². The molecule has 1 atom stereocenters. The second kappa shape index (κ2) is 7.66. The van der Waals surface area contributed by atoms with Gasteiger partial charge in [-0.2, -0.15) is 0 Å². The zero-order valence-electron chi connectivity index (χ0n) is 13.3. The van der Waals surface area contributed by atoms with Crippen molar-refractivity contribution in [2.75, 3.05) is 19.8 Å². The van der Waals surface area contributed by atoms with Crippen LogP contribution in [0.3, 0.4) is 0 Å². The molecule has 0 aromatic heterocycles. The molecular weight excluding hydrogens is 281 g/mol. The minimum Gasteiger partial charge on any atom is -0.756 e. The van der Waals surface area contributed by atoms with Crippen LogP contribution in [-0.2, 0) is 18.4 Å². The fraction of sp³-hybridized carbons (Fsp3) is 0.923. The van der Waals surface area contributed by atoms with Crippen LogP contribution in [0.25, 0.3) is 0 Å². The number of phosphoric acid groups is 1. The summed E-state index contributed by atoms with van der Waals surface area (Å²) in [6.07, 6.45) is 0.0549. The Hall–Kier alpha value is -0.260. The number of carbonyl (C=O) groups excluding carboxylic acids is 1. The number of hydrogen-bond donors (Lipinski definition) is 1. The lowest BCUT2D eigenvalue weighted by atomic mass is 9.89. The van der Waals surface area contributed by atoms with Crippen molar-refractivity contribution >= 4 is 13.6 Å². The van der Waals surface area contributed by atoms with Gasteiger partial charge in [-0.05, 0) is 20.8 Å². The van der Waals surface area contributed by atoms with Crippen molar-refractivity contribution in [1.82, 2.24) is 5.32 Å². The van der Waals surface area contributed by atoms with E-state index >= 15 is 0 Å². The van der Waals surface area contributed by atoms with Crippen LogP contribution >= 0.6 is 7.82 Å². The highest BCUT2D eigenvalue weighted by atomic mass is 31.2. The first-order valence-electron chi connectivity index (χ1n) is 6.72. The van der Waals surface area contributed by atoms with Gasteiger partial charge in [0.1, 0.15) is 5.78 Å². The minimum atomic E-state index is -4.33. The number of nitrogens with one attached hydrogen (secondary N) is 1. The molecule has 0 aliphatic heterocycles. The van der Waals surface area contributed by atoms with E-state index in [9.17, 15) is 14.3 Å². The molecule has 0 spiro atoms.